The van der Waals surface area contributed by atoms with Crippen molar-refractivity contribution in [2.24, 2.45) is 0 Å². The summed E-state index contributed by atoms with van der Waals surface area (Å²) in [6.45, 7) is 2.94. The second-order valence-electron chi connectivity index (χ2n) is 4.90. The maximum Gasteiger partial charge on any atom is 0.0462 e. The Bertz CT molecular complexity index is 481. The zero-order chi connectivity index (χ0) is 14.0. The van der Waals surface area contributed by atoms with Crippen molar-refractivity contribution in [3.05, 3.63) is 46.7 Å². The molecule has 1 N–H and O–H groups in total. The standard InChI is InChI=1S/C17H23NOS/c1-19-11-7-3-6-10-18-13-17-12-16(14-20-17)15-8-4-2-5-9-15/h2,4-5,8-9,12,14,18H,3,6-7,10-11,13H2,1H3. The molecule has 1 heterocycles. The van der Waals surface area contributed by atoms with Crippen LogP contribution in [0, 0.1) is 0 Å². The molecule has 0 bridgehead atoms. The van der Waals surface area contributed by atoms with Crippen molar-refractivity contribution in [1.29, 1.82) is 0 Å². The molecule has 0 aliphatic carbocycles. The van der Waals surface area contributed by atoms with Crippen molar-refractivity contribution in [3.63, 3.8) is 0 Å². The zero-order valence-electron chi connectivity index (χ0n) is 12.1. The molecule has 0 saturated carbocycles. The number of ether oxygens (including phenoxy) is 1. The molecular formula is C17H23NOS. The van der Waals surface area contributed by atoms with Gasteiger partial charge in [0.1, 0.15) is 0 Å². The van der Waals surface area contributed by atoms with Gasteiger partial charge < -0.3 is 10.1 Å². The van der Waals surface area contributed by atoms with E-state index in [1.807, 2.05) is 11.3 Å². The van der Waals surface area contributed by atoms with Crippen molar-refractivity contribution < 1.29 is 4.74 Å². The smallest absolute Gasteiger partial charge is 0.0462 e. The second-order valence-corrected chi connectivity index (χ2v) is 5.89. The van der Waals surface area contributed by atoms with Crippen LogP contribution < -0.4 is 5.32 Å². The van der Waals surface area contributed by atoms with Crippen LogP contribution in [0.3, 0.4) is 0 Å². The van der Waals surface area contributed by atoms with Gasteiger partial charge >= 0.3 is 0 Å². The molecule has 2 nitrogen and oxygen atoms in total. The van der Waals surface area contributed by atoms with Gasteiger partial charge in [-0.1, -0.05) is 30.3 Å². The van der Waals surface area contributed by atoms with Crippen LogP contribution in [-0.4, -0.2) is 20.3 Å². The van der Waals surface area contributed by atoms with Gasteiger partial charge in [-0.25, -0.2) is 0 Å². The lowest BCUT2D eigenvalue weighted by Gasteiger charge is -2.03. The molecule has 0 aliphatic rings. The number of rotatable bonds is 9. The first-order valence-electron chi connectivity index (χ1n) is 7.22. The van der Waals surface area contributed by atoms with Gasteiger partial charge in [-0.3, -0.25) is 0 Å². The van der Waals surface area contributed by atoms with Gasteiger partial charge in [0, 0.05) is 25.1 Å². The van der Waals surface area contributed by atoms with Gasteiger partial charge in [0.15, 0.2) is 0 Å². The van der Waals surface area contributed by atoms with Gasteiger partial charge in [-0.15, -0.1) is 11.3 Å². The molecule has 1 aromatic carbocycles. The van der Waals surface area contributed by atoms with Crippen LogP contribution >= 0.6 is 11.3 Å². The minimum Gasteiger partial charge on any atom is -0.385 e. The molecule has 1 aromatic heterocycles. The van der Waals surface area contributed by atoms with Gasteiger partial charge in [0.25, 0.3) is 0 Å². The summed E-state index contributed by atoms with van der Waals surface area (Å²) >= 11 is 1.83. The van der Waals surface area contributed by atoms with E-state index in [4.69, 9.17) is 4.74 Å². The van der Waals surface area contributed by atoms with Gasteiger partial charge in [0.2, 0.25) is 0 Å². The summed E-state index contributed by atoms with van der Waals surface area (Å²) in [5.41, 5.74) is 2.63. The van der Waals surface area contributed by atoms with Crippen LogP contribution in [-0.2, 0) is 11.3 Å². The molecule has 0 fully saturated rings. The second kappa shape index (κ2) is 8.90. The van der Waals surface area contributed by atoms with Crippen LogP contribution in [0.1, 0.15) is 24.1 Å². The maximum absolute atomic E-state index is 5.04. The summed E-state index contributed by atoms with van der Waals surface area (Å²) in [5.74, 6) is 0. The van der Waals surface area contributed by atoms with Gasteiger partial charge in [-0.2, -0.15) is 0 Å². The topological polar surface area (TPSA) is 21.3 Å². The molecule has 2 aromatic rings. The average Bonchev–Trinajstić information content (AvgIpc) is 2.96. The van der Waals surface area contributed by atoms with Gasteiger partial charge in [-0.05, 0) is 48.4 Å². The quantitative estimate of drug-likeness (QED) is 0.694. The van der Waals surface area contributed by atoms with Crippen molar-refractivity contribution in [1.82, 2.24) is 5.32 Å². The van der Waals surface area contributed by atoms with Crippen molar-refractivity contribution in [3.8, 4) is 11.1 Å². The van der Waals surface area contributed by atoms with E-state index in [-0.39, 0.29) is 0 Å². The van der Waals surface area contributed by atoms with Crippen molar-refractivity contribution in [2.75, 3.05) is 20.3 Å². The highest BCUT2D eigenvalue weighted by Crippen LogP contribution is 2.25. The fourth-order valence-electron chi connectivity index (χ4n) is 2.14. The monoisotopic (exact) mass is 289 g/mol. The Kier molecular flexibility index (Phi) is 6.78. The van der Waals surface area contributed by atoms with E-state index in [1.54, 1.807) is 7.11 Å². The summed E-state index contributed by atoms with van der Waals surface area (Å²) in [6, 6.07) is 12.8. The third-order valence-electron chi connectivity index (χ3n) is 3.26. The van der Waals surface area contributed by atoms with Crippen LogP contribution in [0.5, 0.6) is 0 Å². The van der Waals surface area contributed by atoms with E-state index in [0.29, 0.717) is 0 Å². The molecule has 3 heteroatoms. The van der Waals surface area contributed by atoms with E-state index < -0.39 is 0 Å². The van der Waals surface area contributed by atoms with Crippen molar-refractivity contribution in [2.45, 2.75) is 25.8 Å². The Hall–Kier alpha value is -1.16. The minimum atomic E-state index is 0.880. The van der Waals surface area contributed by atoms with E-state index in [9.17, 15) is 0 Å². The fourth-order valence-corrected chi connectivity index (χ4v) is 3.00. The molecule has 0 amide bonds. The molecule has 20 heavy (non-hydrogen) atoms. The molecule has 0 saturated heterocycles. The van der Waals surface area contributed by atoms with E-state index in [1.165, 1.54) is 28.8 Å². The normalized spacial score (nSPS) is 10.8. The number of thiophene rings is 1. The molecule has 0 spiro atoms. The lowest BCUT2D eigenvalue weighted by molar-refractivity contribution is 0.192. The molecular weight excluding hydrogens is 266 g/mol. The zero-order valence-corrected chi connectivity index (χ0v) is 12.9. The Morgan fingerprint density at radius 2 is 1.90 bits per heavy atom. The van der Waals surface area contributed by atoms with E-state index >= 15 is 0 Å². The Balaban J connectivity index is 1.69. The van der Waals surface area contributed by atoms with Crippen LogP contribution in [0.15, 0.2) is 41.8 Å². The highest BCUT2D eigenvalue weighted by molar-refractivity contribution is 7.10. The molecule has 108 valence electrons. The SMILES string of the molecule is COCCCCCNCc1cc(-c2ccccc2)cs1. The number of unbranched alkanes of at least 4 members (excludes halogenated alkanes) is 2. The molecule has 0 aliphatic heterocycles. The number of hydrogen-bond acceptors (Lipinski definition) is 3. The number of benzene rings is 1. The average molecular weight is 289 g/mol. The van der Waals surface area contributed by atoms with Gasteiger partial charge in [0.05, 0.1) is 0 Å². The maximum atomic E-state index is 5.04. The summed E-state index contributed by atoms with van der Waals surface area (Å²) in [7, 11) is 1.76. The third-order valence-corrected chi connectivity index (χ3v) is 4.20. The first kappa shape index (κ1) is 15.2. The lowest BCUT2D eigenvalue weighted by Crippen LogP contribution is -2.13. The van der Waals surface area contributed by atoms with E-state index in [0.717, 1.165) is 26.1 Å². The highest BCUT2D eigenvalue weighted by Gasteiger charge is 2.01. The predicted octanol–water partition coefficient (Wildman–Crippen LogP) is 4.32. The van der Waals surface area contributed by atoms with Crippen LogP contribution in [0.4, 0.5) is 0 Å². The summed E-state index contributed by atoms with van der Waals surface area (Å²) in [5, 5.41) is 5.75. The first-order chi connectivity index (χ1) is 9.90. The largest absolute Gasteiger partial charge is 0.385 e. The van der Waals surface area contributed by atoms with Crippen LogP contribution in [0.2, 0.25) is 0 Å². The fraction of sp³-hybridized carbons (Fsp3) is 0.412. The van der Waals surface area contributed by atoms with Crippen molar-refractivity contribution >= 4 is 11.3 Å². The Labute approximate surface area is 125 Å². The third kappa shape index (κ3) is 5.08. The minimum absolute atomic E-state index is 0.880. The number of nitrogens with one attached hydrogen (secondary N) is 1. The number of hydrogen-bond donors (Lipinski definition) is 1. The summed E-state index contributed by atoms with van der Waals surface area (Å²) < 4.78 is 5.04. The first-order valence-corrected chi connectivity index (χ1v) is 8.10. The summed E-state index contributed by atoms with van der Waals surface area (Å²) in [4.78, 5) is 1.40. The molecule has 0 radical (unpaired) electrons. The molecule has 0 unspecified atom stereocenters. The lowest BCUT2D eigenvalue weighted by atomic mass is 10.1. The molecule has 0 atom stereocenters. The van der Waals surface area contributed by atoms with Crippen LogP contribution in [0.25, 0.3) is 11.1 Å². The molecule has 2 rings (SSSR count). The number of methoxy groups -OCH3 is 1. The Morgan fingerprint density at radius 1 is 1.05 bits per heavy atom. The Morgan fingerprint density at radius 3 is 2.70 bits per heavy atom. The summed E-state index contributed by atoms with van der Waals surface area (Å²) in [6.07, 6.45) is 3.62. The highest BCUT2D eigenvalue weighted by atomic mass is 32.1. The van der Waals surface area contributed by atoms with E-state index in [2.05, 4.69) is 47.1 Å². The predicted molar refractivity (Wildman–Crippen MR) is 87.2 cm³/mol.